The van der Waals surface area contributed by atoms with E-state index in [9.17, 15) is 22.8 Å². The number of rotatable bonds is 3. The molecule has 0 saturated carbocycles. The van der Waals surface area contributed by atoms with Crippen molar-refractivity contribution in [2.45, 2.75) is 19.5 Å². The summed E-state index contributed by atoms with van der Waals surface area (Å²) in [6, 6.07) is 2.78. The van der Waals surface area contributed by atoms with Crippen molar-refractivity contribution >= 4 is 17.6 Å². The second-order valence-corrected chi connectivity index (χ2v) is 6.25. The van der Waals surface area contributed by atoms with Gasteiger partial charge < -0.3 is 15.1 Å². The normalized spacial score (nSPS) is 15.5. The molecule has 3 amide bonds. The minimum absolute atomic E-state index is 0.0229. The Hall–Kier alpha value is -3.11. The van der Waals surface area contributed by atoms with E-state index >= 15 is 0 Å². The van der Waals surface area contributed by atoms with E-state index in [-0.39, 0.29) is 23.8 Å². The molecule has 0 radical (unpaired) electrons. The molecule has 0 atom stereocenters. The van der Waals surface area contributed by atoms with Crippen LogP contribution in [0.25, 0.3) is 5.69 Å². The fourth-order valence-electron chi connectivity index (χ4n) is 3.00. The van der Waals surface area contributed by atoms with E-state index in [1.807, 2.05) is 6.92 Å². The number of anilines is 1. The number of amides is 3. The standard InChI is InChI=1S/C17H19F3N6O2/c1-2-24-6-3-7-25(9-15(24)27)16(28)23-12-4-5-14(26-11-21-10-22-26)13(8-12)17(18,19)20/h4-5,8,10-11H,2-3,6-7,9H2,1H3,(H,23,28). The summed E-state index contributed by atoms with van der Waals surface area (Å²) in [6.45, 7) is 3.18. The van der Waals surface area contributed by atoms with E-state index in [4.69, 9.17) is 0 Å². The van der Waals surface area contributed by atoms with Crippen molar-refractivity contribution in [2.75, 3.05) is 31.5 Å². The van der Waals surface area contributed by atoms with E-state index < -0.39 is 17.8 Å². The molecular formula is C17H19F3N6O2. The molecule has 1 aromatic heterocycles. The number of likely N-dealkylation sites (N-methyl/N-ethyl adjacent to an activating group) is 1. The predicted octanol–water partition coefficient (Wildman–Crippen LogP) is 2.37. The number of urea groups is 1. The van der Waals surface area contributed by atoms with Crippen molar-refractivity contribution in [1.29, 1.82) is 0 Å². The van der Waals surface area contributed by atoms with Crippen LogP contribution in [0.3, 0.4) is 0 Å². The van der Waals surface area contributed by atoms with Crippen molar-refractivity contribution in [3.63, 3.8) is 0 Å². The zero-order valence-electron chi connectivity index (χ0n) is 15.1. The minimum Gasteiger partial charge on any atom is -0.341 e. The van der Waals surface area contributed by atoms with E-state index in [1.165, 1.54) is 17.0 Å². The molecule has 1 aliphatic rings. The first-order valence-electron chi connectivity index (χ1n) is 8.69. The lowest BCUT2D eigenvalue weighted by Gasteiger charge is -2.21. The number of hydrogen-bond donors (Lipinski definition) is 1. The van der Waals surface area contributed by atoms with Crippen LogP contribution in [-0.2, 0) is 11.0 Å². The van der Waals surface area contributed by atoms with Crippen LogP contribution in [-0.4, -0.2) is 62.7 Å². The van der Waals surface area contributed by atoms with Crippen molar-refractivity contribution in [1.82, 2.24) is 24.6 Å². The Bertz CT molecular complexity index is 853. The first-order chi connectivity index (χ1) is 13.3. The Morgan fingerprint density at radius 3 is 2.71 bits per heavy atom. The lowest BCUT2D eigenvalue weighted by atomic mass is 10.1. The van der Waals surface area contributed by atoms with Crippen LogP contribution in [0.4, 0.5) is 23.7 Å². The third-order valence-electron chi connectivity index (χ3n) is 4.42. The third-order valence-corrected chi connectivity index (χ3v) is 4.42. The zero-order valence-corrected chi connectivity index (χ0v) is 15.1. The van der Waals surface area contributed by atoms with Crippen LogP contribution in [0.1, 0.15) is 18.9 Å². The van der Waals surface area contributed by atoms with Gasteiger partial charge in [0, 0.05) is 25.3 Å². The summed E-state index contributed by atoms with van der Waals surface area (Å²) < 4.78 is 41.4. The van der Waals surface area contributed by atoms with Gasteiger partial charge in [0.2, 0.25) is 5.91 Å². The molecule has 150 valence electrons. The average Bonchev–Trinajstić information content (AvgIpc) is 3.10. The number of halogens is 3. The van der Waals surface area contributed by atoms with E-state index in [0.717, 1.165) is 23.4 Å². The van der Waals surface area contributed by atoms with E-state index in [2.05, 4.69) is 15.4 Å². The monoisotopic (exact) mass is 396 g/mol. The first-order valence-corrected chi connectivity index (χ1v) is 8.69. The van der Waals surface area contributed by atoms with Crippen LogP contribution in [0.15, 0.2) is 30.9 Å². The van der Waals surface area contributed by atoms with E-state index in [0.29, 0.717) is 26.1 Å². The molecule has 2 aromatic rings. The summed E-state index contributed by atoms with van der Waals surface area (Å²) in [4.78, 5) is 31.2. The zero-order chi connectivity index (χ0) is 20.3. The summed E-state index contributed by atoms with van der Waals surface area (Å²) in [5.41, 5.74) is -1.18. The highest BCUT2D eigenvalue weighted by Gasteiger charge is 2.35. The quantitative estimate of drug-likeness (QED) is 0.864. The number of benzene rings is 1. The van der Waals surface area contributed by atoms with Gasteiger partial charge in [-0.05, 0) is 31.5 Å². The molecule has 28 heavy (non-hydrogen) atoms. The van der Waals surface area contributed by atoms with Crippen LogP contribution >= 0.6 is 0 Å². The molecule has 0 bridgehead atoms. The molecule has 8 nitrogen and oxygen atoms in total. The number of nitrogens with zero attached hydrogens (tertiary/aromatic N) is 5. The van der Waals surface area contributed by atoms with Crippen molar-refractivity contribution < 1.29 is 22.8 Å². The average molecular weight is 396 g/mol. The maximum Gasteiger partial charge on any atom is 0.418 e. The van der Waals surface area contributed by atoms with Gasteiger partial charge in [0.25, 0.3) is 0 Å². The molecule has 1 aromatic carbocycles. The number of alkyl halides is 3. The Labute approximate surface area is 158 Å². The van der Waals surface area contributed by atoms with Crippen molar-refractivity contribution in [2.24, 2.45) is 0 Å². The summed E-state index contributed by atoms with van der Waals surface area (Å²) in [5.74, 6) is -0.187. The van der Waals surface area contributed by atoms with Gasteiger partial charge in [-0.15, -0.1) is 0 Å². The highest BCUT2D eigenvalue weighted by molar-refractivity contribution is 5.92. The van der Waals surface area contributed by atoms with Gasteiger partial charge in [0.1, 0.15) is 19.2 Å². The smallest absolute Gasteiger partial charge is 0.341 e. The summed E-state index contributed by atoms with van der Waals surface area (Å²) >= 11 is 0. The van der Waals surface area contributed by atoms with Crippen LogP contribution < -0.4 is 5.32 Å². The SMILES string of the molecule is CCN1CCCN(C(=O)Nc2ccc(-n3cncn3)c(C(F)(F)F)c2)CC1=O. The molecular weight excluding hydrogens is 377 g/mol. The minimum atomic E-state index is -4.65. The van der Waals surface area contributed by atoms with Crippen LogP contribution in [0, 0.1) is 0 Å². The maximum absolute atomic E-state index is 13.5. The lowest BCUT2D eigenvalue weighted by molar-refractivity contribution is -0.137. The van der Waals surface area contributed by atoms with Gasteiger partial charge in [0.05, 0.1) is 11.3 Å². The number of aromatic nitrogens is 3. The Kier molecular flexibility index (Phi) is 5.52. The lowest BCUT2D eigenvalue weighted by Crippen LogP contribution is -2.41. The second-order valence-electron chi connectivity index (χ2n) is 6.25. The van der Waals surface area contributed by atoms with Gasteiger partial charge in [-0.25, -0.2) is 14.5 Å². The Morgan fingerprint density at radius 2 is 2.07 bits per heavy atom. The third kappa shape index (κ3) is 4.24. The first kappa shape index (κ1) is 19.6. The molecule has 2 heterocycles. The predicted molar refractivity (Wildman–Crippen MR) is 93.8 cm³/mol. The summed E-state index contributed by atoms with van der Waals surface area (Å²) in [6.07, 6.45) is -1.76. The fourth-order valence-corrected chi connectivity index (χ4v) is 3.00. The van der Waals surface area contributed by atoms with Crippen LogP contribution in [0.2, 0.25) is 0 Å². The number of carbonyl (C=O) groups is 2. The van der Waals surface area contributed by atoms with Gasteiger partial charge in [0.15, 0.2) is 0 Å². The molecule has 1 saturated heterocycles. The van der Waals surface area contributed by atoms with Crippen LogP contribution in [0.5, 0.6) is 0 Å². The maximum atomic E-state index is 13.5. The Morgan fingerprint density at radius 1 is 1.29 bits per heavy atom. The number of nitrogens with one attached hydrogen (secondary N) is 1. The molecule has 0 spiro atoms. The second kappa shape index (κ2) is 7.87. The van der Waals surface area contributed by atoms with Gasteiger partial charge >= 0.3 is 12.2 Å². The van der Waals surface area contributed by atoms with Gasteiger partial charge in [-0.3, -0.25) is 4.79 Å². The molecule has 1 fully saturated rings. The molecule has 1 N–H and O–H groups in total. The van der Waals surface area contributed by atoms with Gasteiger partial charge in [-0.2, -0.15) is 18.3 Å². The molecule has 11 heteroatoms. The van der Waals surface area contributed by atoms with Gasteiger partial charge in [-0.1, -0.05) is 0 Å². The largest absolute Gasteiger partial charge is 0.418 e. The topological polar surface area (TPSA) is 83.4 Å². The highest BCUT2D eigenvalue weighted by Crippen LogP contribution is 2.35. The molecule has 3 rings (SSSR count). The molecule has 0 unspecified atom stereocenters. The summed E-state index contributed by atoms with van der Waals surface area (Å²) in [7, 11) is 0. The highest BCUT2D eigenvalue weighted by atomic mass is 19.4. The summed E-state index contributed by atoms with van der Waals surface area (Å²) in [5, 5.41) is 6.18. The van der Waals surface area contributed by atoms with Crippen molar-refractivity contribution in [3.05, 3.63) is 36.4 Å². The number of carbonyl (C=O) groups excluding carboxylic acids is 2. The van der Waals surface area contributed by atoms with Crippen molar-refractivity contribution in [3.8, 4) is 5.69 Å². The molecule has 1 aliphatic heterocycles. The van der Waals surface area contributed by atoms with E-state index in [1.54, 1.807) is 4.90 Å². The molecule has 0 aliphatic carbocycles. The Balaban J connectivity index is 1.80. The fraction of sp³-hybridized carbons (Fsp3) is 0.412. The number of hydrogen-bond acceptors (Lipinski definition) is 4.